The van der Waals surface area contributed by atoms with Gasteiger partial charge >= 0.3 is 11.8 Å². The van der Waals surface area contributed by atoms with Crippen LogP contribution in [0.25, 0.3) is 0 Å². The molecule has 1 rings (SSSR count). The number of amides is 2. The van der Waals surface area contributed by atoms with Gasteiger partial charge in [0.1, 0.15) is 0 Å². The Morgan fingerprint density at radius 1 is 1.29 bits per heavy atom. The van der Waals surface area contributed by atoms with Gasteiger partial charge in [0.15, 0.2) is 0 Å². The van der Waals surface area contributed by atoms with E-state index in [1.54, 1.807) is 0 Å². The van der Waals surface area contributed by atoms with Gasteiger partial charge in [0.2, 0.25) is 0 Å². The van der Waals surface area contributed by atoms with Gasteiger partial charge in [0.25, 0.3) is 5.69 Å². The summed E-state index contributed by atoms with van der Waals surface area (Å²) in [7, 11) is 0. The van der Waals surface area contributed by atoms with Crippen LogP contribution in [0.3, 0.4) is 0 Å². The fraction of sp³-hybridized carbons (Fsp3) is 0.333. The number of benzene rings is 1. The van der Waals surface area contributed by atoms with Crippen molar-refractivity contribution in [3.8, 4) is 0 Å². The third-order valence-electron chi connectivity index (χ3n) is 2.29. The number of nitrogens with one attached hydrogen (secondary N) is 2. The van der Waals surface area contributed by atoms with Crippen molar-refractivity contribution in [3.63, 3.8) is 0 Å². The Morgan fingerprint density at radius 3 is 2.71 bits per heavy atom. The summed E-state index contributed by atoms with van der Waals surface area (Å²) < 4.78 is 4.90. The molecule has 0 aromatic heterocycles. The van der Waals surface area contributed by atoms with E-state index >= 15 is 0 Å². The smallest absolute Gasteiger partial charge is 0.313 e. The molecule has 0 fully saturated rings. The summed E-state index contributed by atoms with van der Waals surface area (Å²) in [6.07, 6.45) is 0. The van der Waals surface area contributed by atoms with E-state index < -0.39 is 16.7 Å². The Morgan fingerprint density at radius 2 is 2.05 bits per heavy atom. The molecule has 0 atom stereocenters. The normalized spacial score (nSPS) is 9.95. The molecule has 3 N–H and O–H groups in total. The van der Waals surface area contributed by atoms with Gasteiger partial charge in [0.05, 0.1) is 24.7 Å². The number of anilines is 1. The molecule has 0 saturated carbocycles. The van der Waals surface area contributed by atoms with E-state index in [2.05, 4.69) is 10.6 Å². The number of nitro groups is 1. The molecule has 0 radical (unpaired) electrons. The molecule has 1 aromatic rings. The third-order valence-corrected chi connectivity index (χ3v) is 2.29. The average molecular weight is 297 g/mol. The lowest BCUT2D eigenvalue weighted by Gasteiger charge is -2.06. The molecule has 0 aliphatic heterocycles. The standard InChI is InChI=1S/C12H15N3O6/c16-5-7-21-6-4-13-11(17)12(18)14-9-2-1-3-10(8-9)15(19)20/h1-3,8,16H,4-7H2,(H,13,17)(H,14,18). The first-order chi connectivity index (χ1) is 10.0. The first-order valence-corrected chi connectivity index (χ1v) is 6.07. The Labute approximate surface area is 120 Å². The molecule has 0 bridgehead atoms. The Balaban J connectivity index is 2.43. The van der Waals surface area contributed by atoms with Crippen LogP contribution in [0.4, 0.5) is 11.4 Å². The first-order valence-electron chi connectivity index (χ1n) is 6.07. The maximum absolute atomic E-state index is 11.5. The SMILES string of the molecule is O=C(NCCOCCO)C(=O)Nc1cccc([N+](=O)[O-])c1. The number of nitrogens with zero attached hydrogens (tertiary/aromatic N) is 1. The molecule has 0 spiro atoms. The van der Waals surface area contributed by atoms with Gasteiger partial charge in [-0.3, -0.25) is 19.7 Å². The number of ether oxygens (including phenoxy) is 1. The van der Waals surface area contributed by atoms with Gasteiger partial charge in [-0.15, -0.1) is 0 Å². The van der Waals surface area contributed by atoms with Gasteiger partial charge in [-0.1, -0.05) is 6.07 Å². The van der Waals surface area contributed by atoms with Gasteiger partial charge in [0, 0.05) is 24.4 Å². The third kappa shape index (κ3) is 5.97. The molecule has 1 aromatic carbocycles. The van der Waals surface area contributed by atoms with Crippen LogP contribution in [0.15, 0.2) is 24.3 Å². The van der Waals surface area contributed by atoms with Crippen molar-refractivity contribution in [3.05, 3.63) is 34.4 Å². The molecule has 0 saturated heterocycles. The molecule has 0 aliphatic carbocycles. The summed E-state index contributed by atoms with van der Waals surface area (Å²) >= 11 is 0. The number of aliphatic hydroxyl groups excluding tert-OH is 1. The Kier molecular flexibility index (Phi) is 6.78. The molecule has 9 heteroatoms. The Hall–Kier alpha value is -2.52. The van der Waals surface area contributed by atoms with Crippen molar-refractivity contribution in [1.29, 1.82) is 0 Å². The highest BCUT2D eigenvalue weighted by Gasteiger charge is 2.14. The molecule has 2 amide bonds. The molecule has 114 valence electrons. The zero-order valence-electron chi connectivity index (χ0n) is 11.1. The zero-order valence-corrected chi connectivity index (χ0v) is 11.1. The van der Waals surface area contributed by atoms with E-state index in [4.69, 9.17) is 9.84 Å². The monoisotopic (exact) mass is 297 g/mol. The average Bonchev–Trinajstić information content (AvgIpc) is 2.47. The van der Waals surface area contributed by atoms with E-state index in [0.717, 1.165) is 6.07 Å². The highest BCUT2D eigenvalue weighted by atomic mass is 16.6. The maximum Gasteiger partial charge on any atom is 0.313 e. The van der Waals surface area contributed by atoms with Gasteiger partial charge in [-0.25, -0.2) is 0 Å². The van der Waals surface area contributed by atoms with Crippen LogP contribution < -0.4 is 10.6 Å². The van der Waals surface area contributed by atoms with Crippen LogP contribution in [-0.2, 0) is 14.3 Å². The summed E-state index contributed by atoms with van der Waals surface area (Å²) in [5.41, 5.74) is -0.0357. The first kappa shape index (κ1) is 16.5. The lowest BCUT2D eigenvalue weighted by Crippen LogP contribution is -2.37. The number of hydrogen-bond acceptors (Lipinski definition) is 6. The minimum absolute atomic E-state index is 0.112. The number of aliphatic hydroxyl groups is 1. The van der Waals surface area contributed by atoms with Crippen molar-refractivity contribution in [2.75, 3.05) is 31.7 Å². The van der Waals surface area contributed by atoms with E-state index in [1.165, 1.54) is 18.2 Å². The summed E-state index contributed by atoms with van der Waals surface area (Å²) in [5, 5.41) is 23.6. The van der Waals surface area contributed by atoms with Crippen LogP contribution in [0, 0.1) is 10.1 Å². The van der Waals surface area contributed by atoms with Crippen LogP contribution in [0.5, 0.6) is 0 Å². The highest BCUT2D eigenvalue weighted by Crippen LogP contribution is 2.16. The fourth-order valence-corrected chi connectivity index (χ4v) is 1.37. The van der Waals surface area contributed by atoms with Crippen LogP contribution in [0.2, 0.25) is 0 Å². The summed E-state index contributed by atoms with van der Waals surface area (Å²) in [4.78, 5) is 33.0. The van der Waals surface area contributed by atoms with Crippen LogP contribution in [-0.4, -0.2) is 48.2 Å². The largest absolute Gasteiger partial charge is 0.394 e. The summed E-state index contributed by atoms with van der Waals surface area (Å²) in [5.74, 6) is -1.81. The number of carbonyl (C=O) groups is 2. The predicted octanol–water partition coefficient (Wildman–Crippen LogP) is -0.342. The minimum Gasteiger partial charge on any atom is -0.394 e. The summed E-state index contributed by atoms with van der Waals surface area (Å²) in [6, 6.07) is 5.25. The van der Waals surface area contributed by atoms with Crippen molar-refractivity contribution in [2.45, 2.75) is 0 Å². The lowest BCUT2D eigenvalue weighted by molar-refractivity contribution is -0.384. The number of rotatable bonds is 7. The maximum atomic E-state index is 11.5. The van der Waals surface area contributed by atoms with Gasteiger partial charge < -0.3 is 20.5 Å². The second kappa shape index (κ2) is 8.61. The van der Waals surface area contributed by atoms with Crippen LogP contribution >= 0.6 is 0 Å². The number of carbonyl (C=O) groups excluding carboxylic acids is 2. The minimum atomic E-state index is -0.933. The molecular formula is C12H15N3O6. The van der Waals surface area contributed by atoms with Crippen molar-refractivity contribution >= 4 is 23.2 Å². The molecular weight excluding hydrogens is 282 g/mol. The van der Waals surface area contributed by atoms with E-state index in [0.29, 0.717) is 0 Å². The van der Waals surface area contributed by atoms with Crippen molar-refractivity contribution < 1.29 is 24.4 Å². The number of hydrogen-bond donors (Lipinski definition) is 3. The molecule has 21 heavy (non-hydrogen) atoms. The predicted molar refractivity (Wildman–Crippen MR) is 72.6 cm³/mol. The lowest BCUT2D eigenvalue weighted by atomic mass is 10.3. The Bertz CT molecular complexity index is 519. The second-order valence-corrected chi connectivity index (χ2v) is 3.85. The number of non-ortho nitro benzene ring substituents is 1. The van der Waals surface area contributed by atoms with Gasteiger partial charge in [-0.05, 0) is 6.07 Å². The van der Waals surface area contributed by atoms with E-state index in [9.17, 15) is 19.7 Å². The fourth-order valence-electron chi connectivity index (χ4n) is 1.37. The molecule has 0 aliphatic rings. The zero-order chi connectivity index (χ0) is 15.7. The van der Waals surface area contributed by atoms with Gasteiger partial charge in [-0.2, -0.15) is 0 Å². The van der Waals surface area contributed by atoms with Crippen molar-refractivity contribution in [1.82, 2.24) is 5.32 Å². The molecule has 0 heterocycles. The van der Waals surface area contributed by atoms with E-state index in [-0.39, 0.29) is 37.7 Å². The van der Waals surface area contributed by atoms with Crippen molar-refractivity contribution in [2.24, 2.45) is 0 Å². The second-order valence-electron chi connectivity index (χ2n) is 3.85. The summed E-state index contributed by atoms with van der Waals surface area (Å²) in [6.45, 7) is 0.300. The number of nitro benzene ring substituents is 1. The topological polar surface area (TPSA) is 131 Å². The van der Waals surface area contributed by atoms with Crippen LogP contribution in [0.1, 0.15) is 0 Å². The van der Waals surface area contributed by atoms with E-state index in [1.807, 2.05) is 0 Å². The molecule has 9 nitrogen and oxygen atoms in total. The highest BCUT2D eigenvalue weighted by molar-refractivity contribution is 6.39. The quantitative estimate of drug-likeness (QED) is 0.273. The molecule has 0 unspecified atom stereocenters.